The Labute approximate surface area is 179 Å². The fraction of sp³-hybridized carbons (Fsp3) is 0.462. The van der Waals surface area contributed by atoms with Gasteiger partial charge >= 0.3 is 6.09 Å². The number of ketones is 1. The van der Waals surface area contributed by atoms with Crippen LogP contribution in [0.3, 0.4) is 0 Å². The number of hydrogen-bond acceptors (Lipinski definition) is 3. The Balaban J connectivity index is 1.65. The molecule has 0 unspecified atom stereocenters. The van der Waals surface area contributed by atoms with E-state index in [2.05, 4.69) is 12.1 Å². The lowest BCUT2D eigenvalue weighted by molar-refractivity contribution is -0.139. The van der Waals surface area contributed by atoms with E-state index in [0.717, 1.165) is 36.8 Å². The van der Waals surface area contributed by atoms with Gasteiger partial charge in [-0.2, -0.15) is 0 Å². The molecule has 0 aliphatic heterocycles. The molecule has 2 bridgehead atoms. The molecule has 0 N–H and O–H groups in total. The maximum Gasteiger partial charge on any atom is 0.411 e. The summed E-state index contributed by atoms with van der Waals surface area (Å²) < 4.78 is 5.79. The SMILES string of the molecule is CC(C)(C)OC(=O)N(Cc1ccccc1)C12CCC(c3ccccc3)(CC1)C(=O)C2. The summed E-state index contributed by atoms with van der Waals surface area (Å²) in [6, 6.07) is 20.1. The van der Waals surface area contributed by atoms with Crippen molar-refractivity contribution in [3.05, 3.63) is 71.8 Å². The van der Waals surface area contributed by atoms with E-state index < -0.39 is 16.6 Å². The number of nitrogens with zero attached hydrogens (tertiary/aromatic N) is 1. The Kier molecular flexibility index (Phi) is 5.21. The normalized spacial score (nSPS) is 25.8. The van der Waals surface area contributed by atoms with Crippen molar-refractivity contribution in [2.45, 2.75) is 76.0 Å². The van der Waals surface area contributed by atoms with Gasteiger partial charge in [-0.3, -0.25) is 9.69 Å². The van der Waals surface area contributed by atoms with Crippen molar-refractivity contribution < 1.29 is 14.3 Å². The molecule has 3 saturated carbocycles. The molecular weight excluding hydrogens is 374 g/mol. The predicted octanol–water partition coefficient (Wildman–Crippen LogP) is 5.65. The van der Waals surface area contributed by atoms with Crippen LogP contribution in [0.1, 0.15) is 64.0 Å². The van der Waals surface area contributed by atoms with E-state index in [4.69, 9.17) is 4.74 Å². The lowest BCUT2D eigenvalue weighted by atomic mass is 9.54. The van der Waals surface area contributed by atoms with Gasteiger partial charge in [-0.05, 0) is 57.6 Å². The summed E-state index contributed by atoms with van der Waals surface area (Å²) in [5.74, 6) is 0.257. The standard InChI is InChI=1S/C26H31NO3/c1-24(2,3)30-23(29)27(19-20-10-6-4-7-11-20)25-14-16-26(17-15-25,22(28)18-25)21-12-8-5-9-13-21/h4-13H,14-19H2,1-3H3. The third-order valence-electron chi connectivity index (χ3n) is 6.75. The molecule has 3 aliphatic carbocycles. The Bertz CT molecular complexity index is 906. The zero-order chi connectivity index (χ0) is 21.4. The highest BCUT2D eigenvalue weighted by Gasteiger charge is 2.58. The van der Waals surface area contributed by atoms with Crippen LogP contribution in [-0.4, -0.2) is 27.9 Å². The second kappa shape index (κ2) is 7.57. The Hall–Kier alpha value is -2.62. The molecular formula is C26H31NO3. The number of rotatable bonds is 4. The van der Waals surface area contributed by atoms with E-state index in [0.29, 0.717) is 13.0 Å². The van der Waals surface area contributed by atoms with Gasteiger partial charge in [0.15, 0.2) is 0 Å². The molecule has 0 saturated heterocycles. The summed E-state index contributed by atoms with van der Waals surface area (Å²) in [7, 11) is 0. The van der Waals surface area contributed by atoms with Gasteiger partial charge in [0.05, 0.1) is 11.0 Å². The summed E-state index contributed by atoms with van der Waals surface area (Å²) >= 11 is 0. The number of Topliss-reactive ketones (excluding diaryl/α,β-unsaturated/α-hetero) is 1. The molecule has 3 fully saturated rings. The number of fused-ring (bicyclic) bond motifs is 3. The summed E-state index contributed by atoms with van der Waals surface area (Å²) in [5.41, 5.74) is 0.733. The van der Waals surface area contributed by atoms with Crippen LogP contribution >= 0.6 is 0 Å². The van der Waals surface area contributed by atoms with Gasteiger partial charge in [0.1, 0.15) is 11.4 Å². The zero-order valence-electron chi connectivity index (χ0n) is 18.2. The first-order chi connectivity index (χ1) is 14.2. The number of hydrogen-bond donors (Lipinski definition) is 0. The van der Waals surface area contributed by atoms with Crippen molar-refractivity contribution in [2.75, 3.05) is 0 Å². The zero-order valence-corrected chi connectivity index (χ0v) is 18.2. The molecule has 0 atom stereocenters. The lowest BCUT2D eigenvalue weighted by Gasteiger charge is -2.56. The Morgan fingerprint density at radius 2 is 1.50 bits per heavy atom. The Morgan fingerprint density at radius 1 is 0.933 bits per heavy atom. The van der Waals surface area contributed by atoms with Crippen LogP contribution in [0, 0.1) is 0 Å². The minimum absolute atomic E-state index is 0.257. The summed E-state index contributed by atoms with van der Waals surface area (Å²) in [6.07, 6.45) is 3.27. The van der Waals surface area contributed by atoms with Crippen molar-refractivity contribution in [3.63, 3.8) is 0 Å². The number of carbonyl (C=O) groups is 2. The van der Waals surface area contributed by atoms with Crippen molar-refractivity contribution in [1.82, 2.24) is 4.90 Å². The minimum atomic E-state index is -0.580. The summed E-state index contributed by atoms with van der Waals surface area (Å²) in [4.78, 5) is 28.6. The molecule has 0 spiro atoms. The highest BCUT2D eigenvalue weighted by Crippen LogP contribution is 2.54. The van der Waals surface area contributed by atoms with Crippen LogP contribution in [0.2, 0.25) is 0 Å². The molecule has 0 radical (unpaired) electrons. The van der Waals surface area contributed by atoms with E-state index in [-0.39, 0.29) is 11.9 Å². The van der Waals surface area contributed by atoms with Crippen LogP contribution in [0.25, 0.3) is 0 Å². The third-order valence-corrected chi connectivity index (χ3v) is 6.75. The van der Waals surface area contributed by atoms with Gasteiger partial charge < -0.3 is 4.74 Å². The van der Waals surface area contributed by atoms with E-state index in [1.807, 2.05) is 74.2 Å². The second-order valence-corrected chi connectivity index (χ2v) is 9.82. The highest BCUT2D eigenvalue weighted by atomic mass is 16.6. The van der Waals surface area contributed by atoms with Gasteiger partial charge in [0.2, 0.25) is 0 Å². The van der Waals surface area contributed by atoms with Crippen LogP contribution in [-0.2, 0) is 21.5 Å². The van der Waals surface area contributed by atoms with Crippen LogP contribution < -0.4 is 0 Å². The molecule has 30 heavy (non-hydrogen) atoms. The first-order valence-electron chi connectivity index (χ1n) is 10.9. The molecule has 2 aromatic carbocycles. The molecule has 0 aromatic heterocycles. The molecule has 1 amide bonds. The van der Waals surface area contributed by atoms with Gasteiger partial charge in [0, 0.05) is 13.0 Å². The predicted molar refractivity (Wildman–Crippen MR) is 117 cm³/mol. The lowest BCUT2D eigenvalue weighted by Crippen LogP contribution is -2.63. The quantitative estimate of drug-likeness (QED) is 0.661. The van der Waals surface area contributed by atoms with Gasteiger partial charge in [-0.15, -0.1) is 0 Å². The number of carbonyl (C=O) groups excluding carboxylic acids is 2. The third kappa shape index (κ3) is 3.76. The monoisotopic (exact) mass is 405 g/mol. The first kappa shape index (κ1) is 20.6. The fourth-order valence-corrected chi connectivity index (χ4v) is 5.15. The average molecular weight is 406 g/mol. The topological polar surface area (TPSA) is 46.6 Å². The molecule has 4 nitrogen and oxygen atoms in total. The van der Waals surface area contributed by atoms with Gasteiger partial charge in [0.25, 0.3) is 0 Å². The van der Waals surface area contributed by atoms with E-state index >= 15 is 0 Å². The Morgan fingerprint density at radius 3 is 2.03 bits per heavy atom. The molecule has 0 heterocycles. The smallest absolute Gasteiger partial charge is 0.411 e. The minimum Gasteiger partial charge on any atom is -0.444 e. The molecule has 2 aromatic rings. The maximum absolute atomic E-state index is 13.5. The first-order valence-corrected chi connectivity index (χ1v) is 10.9. The van der Waals surface area contributed by atoms with Crippen molar-refractivity contribution in [1.29, 1.82) is 0 Å². The van der Waals surface area contributed by atoms with Crippen LogP contribution in [0.15, 0.2) is 60.7 Å². The van der Waals surface area contributed by atoms with Crippen LogP contribution in [0.5, 0.6) is 0 Å². The molecule has 4 heteroatoms. The number of amides is 1. The molecule has 3 aliphatic rings. The largest absolute Gasteiger partial charge is 0.444 e. The fourth-order valence-electron chi connectivity index (χ4n) is 5.15. The summed E-state index contributed by atoms with van der Waals surface area (Å²) in [6.45, 7) is 6.12. The van der Waals surface area contributed by atoms with Crippen LogP contribution in [0.4, 0.5) is 4.79 Å². The van der Waals surface area contributed by atoms with Gasteiger partial charge in [-0.25, -0.2) is 4.79 Å². The maximum atomic E-state index is 13.5. The number of benzene rings is 2. The van der Waals surface area contributed by atoms with Crippen molar-refractivity contribution >= 4 is 11.9 Å². The number of ether oxygens (including phenoxy) is 1. The van der Waals surface area contributed by atoms with E-state index in [1.54, 1.807) is 0 Å². The highest BCUT2D eigenvalue weighted by molar-refractivity contribution is 5.93. The molecule has 158 valence electrons. The van der Waals surface area contributed by atoms with Gasteiger partial charge in [-0.1, -0.05) is 60.7 Å². The second-order valence-electron chi connectivity index (χ2n) is 9.82. The average Bonchev–Trinajstić information content (AvgIpc) is 2.73. The van der Waals surface area contributed by atoms with Crippen molar-refractivity contribution in [3.8, 4) is 0 Å². The van der Waals surface area contributed by atoms with E-state index in [9.17, 15) is 9.59 Å². The van der Waals surface area contributed by atoms with E-state index in [1.165, 1.54) is 0 Å². The summed E-state index contributed by atoms with van der Waals surface area (Å²) in [5, 5.41) is 0. The molecule has 5 rings (SSSR count). The van der Waals surface area contributed by atoms with Crippen molar-refractivity contribution in [2.24, 2.45) is 0 Å².